The molecule has 0 bridgehead atoms. The zero-order valence-electron chi connectivity index (χ0n) is 10.2. The van der Waals surface area contributed by atoms with E-state index in [0.29, 0.717) is 17.1 Å². The van der Waals surface area contributed by atoms with Crippen LogP contribution in [0.25, 0.3) is 0 Å². The number of hydrogen-bond acceptors (Lipinski definition) is 2. The van der Waals surface area contributed by atoms with Gasteiger partial charge in [-0.2, -0.15) is 0 Å². The van der Waals surface area contributed by atoms with Crippen molar-refractivity contribution in [3.8, 4) is 0 Å². The lowest BCUT2D eigenvalue weighted by molar-refractivity contribution is 0.149. The lowest BCUT2D eigenvalue weighted by atomic mass is 9.86. The molecule has 1 aliphatic carbocycles. The van der Waals surface area contributed by atoms with E-state index in [1.54, 1.807) is 0 Å². The predicted octanol–water partition coefficient (Wildman–Crippen LogP) is 2.56. The van der Waals surface area contributed by atoms with Crippen LogP contribution in [0.4, 0.5) is 0 Å². The minimum atomic E-state index is 0.290. The van der Waals surface area contributed by atoms with Crippen molar-refractivity contribution >= 4 is 17.2 Å². The van der Waals surface area contributed by atoms with Crippen molar-refractivity contribution in [2.45, 2.75) is 58.0 Å². The fraction of sp³-hybridized carbons (Fsp3) is 0.917. The lowest BCUT2D eigenvalue weighted by Gasteiger charge is -2.37. The number of nitrogens with zero attached hydrogens (tertiary/aromatic N) is 1. The summed E-state index contributed by atoms with van der Waals surface area (Å²) in [7, 11) is 2.17. The maximum atomic E-state index is 5.77. The standard InChI is InChI=1S/C12H24N2S/c1-4-11(12(13)15)14(3)10-7-5-9(2)6-8-10/h9-11H,4-8H2,1-3H3,(H2,13,15). The number of thiocarbonyl (C=S) groups is 1. The van der Waals surface area contributed by atoms with Gasteiger partial charge in [0.05, 0.1) is 11.0 Å². The summed E-state index contributed by atoms with van der Waals surface area (Å²) >= 11 is 5.12. The smallest absolute Gasteiger partial charge is 0.0901 e. The molecule has 1 saturated carbocycles. The molecule has 0 radical (unpaired) electrons. The summed E-state index contributed by atoms with van der Waals surface area (Å²) in [6.07, 6.45) is 6.33. The van der Waals surface area contributed by atoms with E-state index >= 15 is 0 Å². The summed E-state index contributed by atoms with van der Waals surface area (Å²) in [5.41, 5.74) is 5.77. The topological polar surface area (TPSA) is 29.3 Å². The van der Waals surface area contributed by atoms with Crippen molar-refractivity contribution in [3.05, 3.63) is 0 Å². The average molecular weight is 228 g/mol. The van der Waals surface area contributed by atoms with E-state index in [1.165, 1.54) is 25.7 Å². The zero-order valence-corrected chi connectivity index (χ0v) is 11.0. The van der Waals surface area contributed by atoms with Crippen molar-refractivity contribution in [2.24, 2.45) is 11.7 Å². The Labute approximate surface area is 99.2 Å². The normalized spacial score (nSPS) is 29.1. The first-order chi connectivity index (χ1) is 7.06. The number of nitrogens with two attached hydrogens (primary N) is 1. The van der Waals surface area contributed by atoms with E-state index in [4.69, 9.17) is 18.0 Å². The van der Waals surface area contributed by atoms with Crippen LogP contribution in [0, 0.1) is 5.92 Å². The maximum Gasteiger partial charge on any atom is 0.0901 e. The number of likely N-dealkylation sites (N-methyl/N-ethyl adjacent to an activating group) is 1. The Morgan fingerprint density at radius 2 is 1.93 bits per heavy atom. The van der Waals surface area contributed by atoms with E-state index < -0.39 is 0 Å². The maximum absolute atomic E-state index is 5.77. The zero-order chi connectivity index (χ0) is 11.4. The summed E-state index contributed by atoms with van der Waals surface area (Å²) in [5, 5.41) is 0. The molecule has 2 N–H and O–H groups in total. The Bertz CT molecular complexity index is 210. The van der Waals surface area contributed by atoms with E-state index in [9.17, 15) is 0 Å². The number of hydrogen-bond donors (Lipinski definition) is 1. The summed E-state index contributed by atoms with van der Waals surface area (Å²) in [4.78, 5) is 3.05. The van der Waals surface area contributed by atoms with Gasteiger partial charge in [0.2, 0.25) is 0 Å². The molecule has 3 heteroatoms. The lowest BCUT2D eigenvalue weighted by Crippen LogP contribution is -2.47. The van der Waals surface area contributed by atoms with Gasteiger partial charge in [-0.05, 0) is 45.1 Å². The largest absolute Gasteiger partial charge is 0.392 e. The van der Waals surface area contributed by atoms with Crippen LogP contribution in [0.3, 0.4) is 0 Å². The van der Waals surface area contributed by atoms with Crippen molar-refractivity contribution in [3.63, 3.8) is 0 Å². The Balaban J connectivity index is 2.51. The molecule has 0 spiro atoms. The molecule has 0 aromatic heterocycles. The second-order valence-corrected chi connectivity index (χ2v) is 5.38. The molecule has 2 nitrogen and oxygen atoms in total. The Morgan fingerprint density at radius 1 is 1.40 bits per heavy atom. The fourth-order valence-electron chi connectivity index (χ4n) is 2.59. The second-order valence-electron chi connectivity index (χ2n) is 4.91. The first-order valence-corrected chi connectivity index (χ1v) is 6.48. The second kappa shape index (κ2) is 5.80. The van der Waals surface area contributed by atoms with Crippen LogP contribution < -0.4 is 5.73 Å². The van der Waals surface area contributed by atoms with Gasteiger partial charge >= 0.3 is 0 Å². The SMILES string of the molecule is CCC(C(N)=S)N(C)C1CCC(C)CC1. The predicted molar refractivity (Wildman–Crippen MR) is 70.0 cm³/mol. The third kappa shape index (κ3) is 3.42. The van der Waals surface area contributed by atoms with Crippen molar-refractivity contribution in [1.29, 1.82) is 0 Å². The molecule has 1 aliphatic rings. The summed E-state index contributed by atoms with van der Waals surface area (Å²) in [6, 6.07) is 0.978. The minimum absolute atomic E-state index is 0.290. The molecule has 0 aromatic carbocycles. The van der Waals surface area contributed by atoms with Crippen LogP contribution in [0.1, 0.15) is 46.0 Å². The summed E-state index contributed by atoms with van der Waals surface area (Å²) < 4.78 is 0. The van der Waals surface area contributed by atoms with Gasteiger partial charge in [-0.1, -0.05) is 26.1 Å². The highest BCUT2D eigenvalue weighted by Gasteiger charge is 2.26. The van der Waals surface area contributed by atoms with E-state index in [1.807, 2.05) is 0 Å². The van der Waals surface area contributed by atoms with Crippen molar-refractivity contribution in [2.75, 3.05) is 7.05 Å². The quantitative estimate of drug-likeness (QED) is 0.750. The molecule has 15 heavy (non-hydrogen) atoms. The van der Waals surface area contributed by atoms with Gasteiger partial charge in [-0.25, -0.2) is 0 Å². The molecular weight excluding hydrogens is 204 g/mol. The van der Waals surface area contributed by atoms with Gasteiger partial charge in [0.15, 0.2) is 0 Å². The van der Waals surface area contributed by atoms with Crippen LogP contribution in [-0.2, 0) is 0 Å². The van der Waals surface area contributed by atoms with Gasteiger partial charge < -0.3 is 5.73 Å². The molecule has 0 saturated heterocycles. The van der Waals surface area contributed by atoms with E-state index in [-0.39, 0.29) is 0 Å². The molecule has 88 valence electrons. The van der Waals surface area contributed by atoms with Crippen LogP contribution in [-0.4, -0.2) is 29.0 Å². The fourth-order valence-corrected chi connectivity index (χ4v) is 2.93. The highest BCUT2D eigenvalue weighted by atomic mass is 32.1. The highest BCUT2D eigenvalue weighted by Crippen LogP contribution is 2.27. The van der Waals surface area contributed by atoms with Crippen molar-refractivity contribution < 1.29 is 0 Å². The van der Waals surface area contributed by atoms with E-state index in [0.717, 1.165) is 12.3 Å². The molecule has 0 amide bonds. The van der Waals surface area contributed by atoms with Gasteiger partial charge in [0, 0.05) is 6.04 Å². The van der Waals surface area contributed by atoms with Crippen LogP contribution in [0.2, 0.25) is 0 Å². The third-order valence-electron chi connectivity index (χ3n) is 3.77. The molecule has 0 aromatic rings. The molecule has 1 fully saturated rings. The Hall–Kier alpha value is -0.150. The van der Waals surface area contributed by atoms with Crippen LogP contribution >= 0.6 is 12.2 Å². The van der Waals surface area contributed by atoms with E-state index in [2.05, 4.69) is 25.8 Å². The molecule has 1 rings (SSSR count). The highest BCUT2D eigenvalue weighted by molar-refractivity contribution is 7.80. The molecule has 1 atom stereocenters. The van der Waals surface area contributed by atoms with Gasteiger partial charge in [0.1, 0.15) is 0 Å². The Morgan fingerprint density at radius 3 is 2.33 bits per heavy atom. The molecule has 0 heterocycles. The molecule has 0 aliphatic heterocycles. The first-order valence-electron chi connectivity index (χ1n) is 6.07. The van der Waals surface area contributed by atoms with Crippen LogP contribution in [0.5, 0.6) is 0 Å². The summed E-state index contributed by atoms with van der Waals surface area (Å²) in [5.74, 6) is 0.902. The third-order valence-corrected chi connectivity index (χ3v) is 4.04. The average Bonchev–Trinajstić information content (AvgIpc) is 2.19. The van der Waals surface area contributed by atoms with Crippen molar-refractivity contribution in [1.82, 2.24) is 4.90 Å². The number of rotatable bonds is 4. The van der Waals surface area contributed by atoms with Gasteiger partial charge in [-0.15, -0.1) is 0 Å². The van der Waals surface area contributed by atoms with Gasteiger partial charge in [-0.3, -0.25) is 4.90 Å². The monoisotopic (exact) mass is 228 g/mol. The van der Waals surface area contributed by atoms with Gasteiger partial charge in [0.25, 0.3) is 0 Å². The summed E-state index contributed by atoms with van der Waals surface area (Å²) in [6.45, 7) is 4.51. The first kappa shape index (κ1) is 12.9. The molecular formula is C12H24N2S. The van der Waals surface area contributed by atoms with Crippen LogP contribution in [0.15, 0.2) is 0 Å². The Kier molecular flexibility index (Phi) is 5.00. The minimum Gasteiger partial charge on any atom is -0.392 e. The molecule has 1 unspecified atom stereocenters.